The number of rotatable bonds is 4. The molecule has 16 heavy (non-hydrogen) atoms. The molecule has 1 aliphatic rings. The van der Waals surface area contributed by atoms with Crippen LogP contribution < -0.4 is 0 Å². The van der Waals surface area contributed by atoms with E-state index in [0.29, 0.717) is 18.6 Å². The maximum atomic E-state index is 11.0. The third-order valence-electron chi connectivity index (χ3n) is 2.62. The van der Waals surface area contributed by atoms with Crippen LogP contribution in [-0.4, -0.2) is 24.8 Å². The van der Waals surface area contributed by atoms with Gasteiger partial charge in [0.25, 0.3) is 0 Å². The predicted octanol–water partition coefficient (Wildman–Crippen LogP) is 2.37. The summed E-state index contributed by atoms with van der Waals surface area (Å²) < 4.78 is 4.92. The van der Waals surface area contributed by atoms with E-state index in [1.165, 1.54) is 0 Å². The SMILES string of the molecule is COCCCC#CC1=C(C(=O)O)CCCC1. The highest BCUT2D eigenvalue weighted by atomic mass is 16.5. The summed E-state index contributed by atoms with van der Waals surface area (Å²) >= 11 is 0. The van der Waals surface area contributed by atoms with Gasteiger partial charge in [0, 0.05) is 31.3 Å². The Balaban J connectivity index is 2.57. The van der Waals surface area contributed by atoms with E-state index in [4.69, 9.17) is 9.84 Å². The van der Waals surface area contributed by atoms with Crippen LogP contribution in [0.25, 0.3) is 0 Å². The fourth-order valence-electron chi connectivity index (χ4n) is 1.75. The molecule has 0 atom stereocenters. The molecule has 0 heterocycles. The molecule has 0 saturated carbocycles. The molecule has 1 aliphatic carbocycles. The molecule has 0 unspecified atom stereocenters. The number of unbranched alkanes of at least 4 members (excludes halogenated alkanes) is 1. The predicted molar refractivity (Wildman–Crippen MR) is 62.0 cm³/mol. The minimum absolute atomic E-state index is 0.519. The summed E-state index contributed by atoms with van der Waals surface area (Å²) in [5.74, 6) is 5.22. The van der Waals surface area contributed by atoms with E-state index in [1.54, 1.807) is 7.11 Å². The van der Waals surface area contributed by atoms with Crippen molar-refractivity contribution in [2.45, 2.75) is 38.5 Å². The van der Waals surface area contributed by atoms with Gasteiger partial charge in [-0.05, 0) is 32.1 Å². The van der Waals surface area contributed by atoms with E-state index in [2.05, 4.69) is 11.8 Å². The number of methoxy groups -OCH3 is 1. The Bertz CT molecular complexity index is 331. The topological polar surface area (TPSA) is 46.5 Å². The molecule has 3 heteroatoms. The maximum Gasteiger partial charge on any atom is 0.332 e. The Morgan fingerprint density at radius 3 is 2.88 bits per heavy atom. The fourth-order valence-corrected chi connectivity index (χ4v) is 1.75. The highest BCUT2D eigenvalue weighted by Crippen LogP contribution is 2.24. The second kappa shape index (κ2) is 7.08. The monoisotopic (exact) mass is 222 g/mol. The van der Waals surface area contributed by atoms with Gasteiger partial charge in [-0.3, -0.25) is 0 Å². The van der Waals surface area contributed by atoms with Crippen LogP contribution in [0.4, 0.5) is 0 Å². The molecular weight excluding hydrogens is 204 g/mol. The zero-order chi connectivity index (χ0) is 11.8. The molecule has 0 aromatic rings. The van der Waals surface area contributed by atoms with E-state index in [-0.39, 0.29) is 0 Å². The number of carbonyl (C=O) groups is 1. The molecule has 0 aliphatic heterocycles. The maximum absolute atomic E-state index is 11.0. The molecule has 3 nitrogen and oxygen atoms in total. The van der Waals surface area contributed by atoms with Gasteiger partial charge in [0.1, 0.15) is 0 Å². The molecule has 0 aromatic heterocycles. The van der Waals surface area contributed by atoms with Crippen molar-refractivity contribution in [3.05, 3.63) is 11.1 Å². The molecule has 0 amide bonds. The van der Waals surface area contributed by atoms with E-state index < -0.39 is 5.97 Å². The van der Waals surface area contributed by atoms with Crippen molar-refractivity contribution < 1.29 is 14.6 Å². The number of allylic oxidation sites excluding steroid dienone is 1. The number of hydrogen-bond donors (Lipinski definition) is 1. The highest BCUT2D eigenvalue weighted by Gasteiger charge is 2.16. The van der Waals surface area contributed by atoms with E-state index >= 15 is 0 Å². The van der Waals surface area contributed by atoms with Crippen molar-refractivity contribution in [3.8, 4) is 11.8 Å². The Morgan fingerprint density at radius 2 is 2.19 bits per heavy atom. The second-order valence-electron chi connectivity index (χ2n) is 3.87. The normalized spacial score (nSPS) is 15.6. The molecule has 0 bridgehead atoms. The lowest BCUT2D eigenvalue weighted by atomic mass is 9.92. The van der Waals surface area contributed by atoms with E-state index in [0.717, 1.165) is 37.7 Å². The van der Waals surface area contributed by atoms with Crippen molar-refractivity contribution >= 4 is 5.97 Å². The Hall–Kier alpha value is -1.27. The highest BCUT2D eigenvalue weighted by molar-refractivity contribution is 5.88. The van der Waals surface area contributed by atoms with Crippen molar-refractivity contribution in [2.75, 3.05) is 13.7 Å². The van der Waals surface area contributed by atoms with Crippen LogP contribution in [0, 0.1) is 11.8 Å². The summed E-state index contributed by atoms with van der Waals surface area (Å²) in [6, 6.07) is 0. The summed E-state index contributed by atoms with van der Waals surface area (Å²) in [5.41, 5.74) is 1.35. The van der Waals surface area contributed by atoms with Gasteiger partial charge in [-0.25, -0.2) is 4.79 Å². The first-order chi connectivity index (χ1) is 7.75. The lowest BCUT2D eigenvalue weighted by molar-refractivity contribution is -0.132. The number of aliphatic carboxylic acids is 1. The smallest absolute Gasteiger partial charge is 0.332 e. The average Bonchev–Trinajstić information content (AvgIpc) is 2.29. The van der Waals surface area contributed by atoms with Crippen LogP contribution in [0.1, 0.15) is 38.5 Å². The number of ether oxygens (including phenoxy) is 1. The Kier molecular flexibility index (Phi) is 5.66. The van der Waals surface area contributed by atoms with E-state index in [1.807, 2.05) is 0 Å². The van der Waals surface area contributed by atoms with Crippen LogP contribution in [0.15, 0.2) is 11.1 Å². The van der Waals surface area contributed by atoms with E-state index in [9.17, 15) is 4.79 Å². The summed E-state index contributed by atoms with van der Waals surface area (Å²) in [4.78, 5) is 11.0. The molecule has 0 fully saturated rings. The van der Waals surface area contributed by atoms with Gasteiger partial charge < -0.3 is 9.84 Å². The summed E-state index contributed by atoms with van der Waals surface area (Å²) in [5, 5.41) is 9.00. The van der Waals surface area contributed by atoms with Gasteiger partial charge in [-0.1, -0.05) is 11.8 Å². The molecule has 1 N–H and O–H groups in total. The number of carboxylic acids is 1. The van der Waals surface area contributed by atoms with Crippen molar-refractivity contribution in [1.82, 2.24) is 0 Å². The van der Waals surface area contributed by atoms with Crippen molar-refractivity contribution in [1.29, 1.82) is 0 Å². The van der Waals surface area contributed by atoms with Gasteiger partial charge in [0.15, 0.2) is 0 Å². The van der Waals surface area contributed by atoms with Crippen LogP contribution in [-0.2, 0) is 9.53 Å². The largest absolute Gasteiger partial charge is 0.478 e. The summed E-state index contributed by atoms with van der Waals surface area (Å²) in [7, 11) is 1.67. The molecular formula is C13H18O3. The average molecular weight is 222 g/mol. The molecule has 0 saturated heterocycles. The third kappa shape index (κ3) is 4.08. The first-order valence-corrected chi connectivity index (χ1v) is 5.69. The Morgan fingerprint density at radius 1 is 1.44 bits per heavy atom. The molecule has 0 spiro atoms. The van der Waals surface area contributed by atoms with Gasteiger partial charge in [0.05, 0.1) is 0 Å². The van der Waals surface area contributed by atoms with Gasteiger partial charge >= 0.3 is 5.97 Å². The van der Waals surface area contributed by atoms with Crippen LogP contribution in [0.5, 0.6) is 0 Å². The minimum atomic E-state index is -0.805. The molecule has 88 valence electrons. The first kappa shape index (κ1) is 12.8. The molecule has 0 radical (unpaired) electrons. The minimum Gasteiger partial charge on any atom is -0.478 e. The van der Waals surface area contributed by atoms with Crippen molar-refractivity contribution in [3.63, 3.8) is 0 Å². The lowest BCUT2D eigenvalue weighted by Crippen LogP contribution is -2.08. The third-order valence-corrected chi connectivity index (χ3v) is 2.62. The summed E-state index contributed by atoms with van der Waals surface area (Å²) in [6.07, 6.45) is 5.18. The standard InChI is InChI=1S/C13H18O3/c1-16-10-6-2-3-7-11-8-4-5-9-12(11)13(14)15/h2,4-6,8-10H2,1H3,(H,14,15). The lowest BCUT2D eigenvalue weighted by Gasteiger charge is -2.12. The summed E-state index contributed by atoms with van der Waals surface area (Å²) in [6.45, 7) is 0.708. The second-order valence-corrected chi connectivity index (χ2v) is 3.87. The van der Waals surface area contributed by atoms with Crippen LogP contribution in [0.3, 0.4) is 0 Å². The Labute approximate surface area is 96.5 Å². The van der Waals surface area contributed by atoms with Crippen LogP contribution in [0.2, 0.25) is 0 Å². The number of carboxylic acid groups (broad SMARTS) is 1. The molecule has 0 aromatic carbocycles. The van der Waals surface area contributed by atoms with Gasteiger partial charge in [-0.2, -0.15) is 0 Å². The zero-order valence-electron chi connectivity index (χ0n) is 9.71. The van der Waals surface area contributed by atoms with Gasteiger partial charge in [-0.15, -0.1) is 0 Å². The molecule has 1 rings (SSSR count). The van der Waals surface area contributed by atoms with Gasteiger partial charge in [0.2, 0.25) is 0 Å². The fraction of sp³-hybridized carbons (Fsp3) is 0.615. The number of hydrogen-bond acceptors (Lipinski definition) is 2. The first-order valence-electron chi connectivity index (χ1n) is 5.69. The van der Waals surface area contributed by atoms with Crippen LogP contribution >= 0.6 is 0 Å². The zero-order valence-corrected chi connectivity index (χ0v) is 9.71. The van der Waals surface area contributed by atoms with Crippen molar-refractivity contribution in [2.24, 2.45) is 0 Å². The quantitative estimate of drug-likeness (QED) is 0.586.